The van der Waals surface area contributed by atoms with Crippen LogP contribution in [-0.4, -0.2) is 13.4 Å². The number of hydrazine groups is 1. The molecule has 0 radical (unpaired) electrons. The Balaban J connectivity index is 2.20. The van der Waals surface area contributed by atoms with Crippen molar-refractivity contribution in [2.45, 2.75) is 11.4 Å². The zero-order chi connectivity index (χ0) is 15.5. The SMILES string of the molecule is NNc1ccncc1S(=O)(=O)NCc1ccc(F)c(F)c1. The highest BCUT2D eigenvalue weighted by atomic mass is 32.2. The summed E-state index contributed by atoms with van der Waals surface area (Å²) in [5.74, 6) is 3.19. The Morgan fingerprint density at radius 2 is 1.95 bits per heavy atom. The molecule has 0 atom stereocenters. The lowest BCUT2D eigenvalue weighted by atomic mass is 10.2. The van der Waals surface area contributed by atoms with Gasteiger partial charge in [0, 0.05) is 18.9 Å². The molecule has 2 rings (SSSR count). The molecule has 1 aromatic carbocycles. The molecule has 0 fully saturated rings. The molecule has 0 spiro atoms. The van der Waals surface area contributed by atoms with Gasteiger partial charge >= 0.3 is 0 Å². The number of aromatic nitrogens is 1. The molecule has 0 amide bonds. The maximum absolute atomic E-state index is 13.1. The van der Waals surface area contributed by atoms with Gasteiger partial charge in [-0.3, -0.25) is 10.8 Å². The van der Waals surface area contributed by atoms with E-state index in [0.29, 0.717) is 0 Å². The molecule has 112 valence electrons. The summed E-state index contributed by atoms with van der Waals surface area (Å²) in [6.45, 7) is -0.196. The van der Waals surface area contributed by atoms with E-state index in [1.165, 1.54) is 18.3 Å². The predicted octanol–water partition coefficient (Wildman–Crippen LogP) is 1.12. The minimum Gasteiger partial charge on any atom is -0.323 e. The fraction of sp³-hybridized carbons (Fsp3) is 0.0833. The zero-order valence-electron chi connectivity index (χ0n) is 10.7. The molecular weight excluding hydrogens is 302 g/mol. The largest absolute Gasteiger partial charge is 0.323 e. The van der Waals surface area contributed by atoms with E-state index >= 15 is 0 Å². The number of anilines is 1. The van der Waals surface area contributed by atoms with E-state index < -0.39 is 21.7 Å². The van der Waals surface area contributed by atoms with E-state index in [1.807, 2.05) is 0 Å². The normalized spacial score (nSPS) is 11.4. The highest BCUT2D eigenvalue weighted by Gasteiger charge is 2.18. The molecule has 1 aromatic heterocycles. The molecule has 0 aliphatic rings. The van der Waals surface area contributed by atoms with Crippen LogP contribution >= 0.6 is 0 Å². The highest BCUT2D eigenvalue weighted by Crippen LogP contribution is 2.18. The highest BCUT2D eigenvalue weighted by molar-refractivity contribution is 7.89. The van der Waals surface area contributed by atoms with Crippen LogP contribution in [0.3, 0.4) is 0 Å². The van der Waals surface area contributed by atoms with Gasteiger partial charge in [-0.15, -0.1) is 0 Å². The lowest BCUT2D eigenvalue weighted by molar-refractivity contribution is 0.506. The van der Waals surface area contributed by atoms with Crippen LogP contribution in [0.25, 0.3) is 0 Å². The smallest absolute Gasteiger partial charge is 0.244 e. The van der Waals surface area contributed by atoms with Crippen molar-refractivity contribution in [3.63, 3.8) is 0 Å². The minimum atomic E-state index is -3.90. The monoisotopic (exact) mass is 314 g/mol. The van der Waals surface area contributed by atoms with Crippen LogP contribution in [0, 0.1) is 11.6 Å². The van der Waals surface area contributed by atoms with Gasteiger partial charge in [0.15, 0.2) is 11.6 Å². The molecular formula is C12H12F2N4O2S. The molecule has 0 saturated heterocycles. The first-order valence-electron chi connectivity index (χ1n) is 5.78. The first kappa shape index (κ1) is 15.3. The molecule has 0 saturated carbocycles. The minimum absolute atomic E-state index is 0.143. The third-order valence-corrected chi connectivity index (χ3v) is 4.11. The van der Waals surface area contributed by atoms with Crippen LogP contribution in [0.5, 0.6) is 0 Å². The van der Waals surface area contributed by atoms with Crippen molar-refractivity contribution in [3.05, 3.63) is 53.9 Å². The number of nitrogen functional groups attached to an aromatic ring is 1. The quantitative estimate of drug-likeness (QED) is 0.568. The second kappa shape index (κ2) is 6.12. The molecule has 1 heterocycles. The topological polar surface area (TPSA) is 97.1 Å². The standard InChI is InChI=1S/C12H12F2N4O2S/c13-9-2-1-8(5-10(9)14)6-17-21(19,20)12-7-16-4-3-11(12)18-15/h1-5,7,17H,6,15H2,(H,16,18). The maximum atomic E-state index is 13.1. The van der Waals surface area contributed by atoms with Gasteiger partial charge < -0.3 is 5.43 Å². The van der Waals surface area contributed by atoms with Crippen LogP contribution in [0.2, 0.25) is 0 Å². The van der Waals surface area contributed by atoms with Crippen LogP contribution in [0.4, 0.5) is 14.5 Å². The van der Waals surface area contributed by atoms with Crippen LogP contribution in [0.15, 0.2) is 41.6 Å². The van der Waals surface area contributed by atoms with Crippen LogP contribution in [0.1, 0.15) is 5.56 Å². The lowest BCUT2D eigenvalue weighted by Crippen LogP contribution is -2.25. The van der Waals surface area contributed by atoms with Gasteiger partial charge in [0.1, 0.15) is 4.90 Å². The second-order valence-corrected chi connectivity index (χ2v) is 5.82. The van der Waals surface area contributed by atoms with Crippen molar-refractivity contribution < 1.29 is 17.2 Å². The number of hydrogen-bond donors (Lipinski definition) is 3. The van der Waals surface area contributed by atoms with E-state index in [0.717, 1.165) is 18.3 Å². The Hall–Kier alpha value is -2.10. The molecule has 6 nitrogen and oxygen atoms in total. The van der Waals surface area contributed by atoms with Crippen molar-refractivity contribution in [3.8, 4) is 0 Å². The third kappa shape index (κ3) is 3.51. The maximum Gasteiger partial charge on any atom is 0.244 e. The van der Waals surface area contributed by atoms with Crippen molar-refractivity contribution >= 4 is 15.7 Å². The Morgan fingerprint density at radius 3 is 2.62 bits per heavy atom. The van der Waals surface area contributed by atoms with E-state index in [2.05, 4.69) is 15.1 Å². The Labute approximate surface area is 120 Å². The number of nitrogens with one attached hydrogen (secondary N) is 2. The van der Waals surface area contributed by atoms with Gasteiger partial charge in [-0.05, 0) is 23.8 Å². The van der Waals surface area contributed by atoms with Crippen LogP contribution < -0.4 is 16.0 Å². The van der Waals surface area contributed by atoms with Gasteiger partial charge in [0.25, 0.3) is 0 Å². The number of nitrogens with zero attached hydrogens (tertiary/aromatic N) is 1. The van der Waals surface area contributed by atoms with Gasteiger partial charge in [0.05, 0.1) is 5.69 Å². The number of sulfonamides is 1. The van der Waals surface area contributed by atoms with E-state index in [-0.39, 0.29) is 22.7 Å². The van der Waals surface area contributed by atoms with Crippen LogP contribution in [-0.2, 0) is 16.6 Å². The molecule has 0 aliphatic carbocycles. The van der Waals surface area contributed by atoms with E-state index in [4.69, 9.17) is 5.84 Å². The molecule has 2 aromatic rings. The van der Waals surface area contributed by atoms with Crippen molar-refractivity contribution in [1.29, 1.82) is 0 Å². The van der Waals surface area contributed by atoms with E-state index in [1.54, 1.807) is 0 Å². The summed E-state index contributed by atoms with van der Waals surface area (Å²) < 4.78 is 52.4. The average Bonchev–Trinajstić information content (AvgIpc) is 2.48. The number of benzene rings is 1. The fourth-order valence-corrected chi connectivity index (χ4v) is 2.75. The molecule has 4 N–H and O–H groups in total. The summed E-state index contributed by atoms with van der Waals surface area (Å²) in [5, 5.41) is 0. The molecule has 0 bridgehead atoms. The number of halogens is 2. The summed E-state index contributed by atoms with van der Waals surface area (Å²) in [6, 6.07) is 4.53. The summed E-state index contributed by atoms with van der Waals surface area (Å²) in [5.41, 5.74) is 2.70. The molecule has 0 aliphatic heterocycles. The van der Waals surface area contributed by atoms with E-state index in [9.17, 15) is 17.2 Å². The Morgan fingerprint density at radius 1 is 1.19 bits per heavy atom. The van der Waals surface area contributed by atoms with Gasteiger partial charge in [-0.25, -0.2) is 21.9 Å². The summed E-state index contributed by atoms with van der Waals surface area (Å²) in [7, 11) is -3.90. The summed E-state index contributed by atoms with van der Waals surface area (Å²) in [6.07, 6.45) is 2.51. The first-order chi connectivity index (χ1) is 9.94. The molecule has 9 heteroatoms. The van der Waals surface area contributed by atoms with Crippen molar-refractivity contribution in [2.75, 3.05) is 5.43 Å². The average molecular weight is 314 g/mol. The van der Waals surface area contributed by atoms with Gasteiger partial charge in [-0.1, -0.05) is 6.07 Å². The van der Waals surface area contributed by atoms with Gasteiger partial charge in [-0.2, -0.15) is 0 Å². The lowest BCUT2D eigenvalue weighted by Gasteiger charge is -2.10. The number of pyridine rings is 1. The number of nitrogens with two attached hydrogens (primary N) is 1. The second-order valence-electron chi connectivity index (χ2n) is 4.09. The zero-order valence-corrected chi connectivity index (χ0v) is 11.5. The van der Waals surface area contributed by atoms with Gasteiger partial charge in [0.2, 0.25) is 10.0 Å². The number of hydrogen-bond acceptors (Lipinski definition) is 5. The third-order valence-electron chi connectivity index (χ3n) is 2.68. The Bertz CT molecular complexity index is 753. The Kier molecular flexibility index (Phi) is 4.46. The number of rotatable bonds is 5. The molecule has 21 heavy (non-hydrogen) atoms. The summed E-state index contributed by atoms with van der Waals surface area (Å²) in [4.78, 5) is 3.57. The van der Waals surface area contributed by atoms with Crippen molar-refractivity contribution in [1.82, 2.24) is 9.71 Å². The predicted molar refractivity (Wildman–Crippen MR) is 72.4 cm³/mol. The van der Waals surface area contributed by atoms with Crippen molar-refractivity contribution in [2.24, 2.45) is 5.84 Å². The fourth-order valence-electron chi connectivity index (χ4n) is 1.62. The summed E-state index contributed by atoms with van der Waals surface area (Å²) >= 11 is 0. The first-order valence-corrected chi connectivity index (χ1v) is 7.26. The molecule has 0 unspecified atom stereocenters.